The van der Waals surface area contributed by atoms with Crippen molar-refractivity contribution in [1.29, 1.82) is 0 Å². The first-order valence-electron chi connectivity index (χ1n) is 10.5. The molecule has 1 aromatic carbocycles. The molecule has 0 radical (unpaired) electrons. The van der Waals surface area contributed by atoms with Crippen LogP contribution in [0.4, 0.5) is 14.9 Å². The van der Waals surface area contributed by atoms with Gasteiger partial charge >= 0.3 is 6.03 Å². The molecule has 0 spiro atoms. The Morgan fingerprint density at radius 1 is 1.06 bits per heavy atom. The summed E-state index contributed by atoms with van der Waals surface area (Å²) in [6.07, 6.45) is 0. The lowest BCUT2D eigenvalue weighted by Crippen LogP contribution is -2.34. The fourth-order valence-electron chi connectivity index (χ4n) is 3.13. The normalized spacial score (nSPS) is 12.4. The summed E-state index contributed by atoms with van der Waals surface area (Å²) in [4.78, 5) is 26.7. The van der Waals surface area contributed by atoms with Crippen molar-refractivity contribution in [2.45, 2.75) is 64.4 Å². The van der Waals surface area contributed by atoms with E-state index in [1.807, 2.05) is 41.5 Å². The number of carbonyl (C=O) groups excluding carboxylic acids is 2. The number of hydrogen-bond donors (Lipinski definition) is 2. The first-order chi connectivity index (χ1) is 14.8. The average molecular weight is 466 g/mol. The van der Waals surface area contributed by atoms with Gasteiger partial charge in [-0.1, -0.05) is 27.7 Å². The summed E-state index contributed by atoms with van der Waals surface area (Å²) in [6.45, 7) is 11.4. The molecular weight excluding hydrogens is 433 g/mol. The van der Waals surface area contributed by atoms with Gasteiger partial charge in [0, 0.05) is 31.9 Å². The fraction of sp³-hybridized carbons (Fsp3) is 0.500. The molecule has 0 bridgehead atoms. The number of halogens is 1. The molecule has 0 aliphatic carbocycles. The van der Waals surface area contributed by atoms with Crippen molar-refractivity contribution in [3.8, 4) is 0 Å². The van der Waals surface area contributed by atoms with E-state index in [9.17, 15) is 18.2 Å². The van der Waals surface area contributed by atoms with E-state index < -0.39 is 17.0 Å². The van der Waals surface area contributed by atoms with Crippen LogP contribution in [0.2, 0.25) is 0 Å². The molecular formula is C22H32FN5O3S. The summed E-state index contributed by atoms with van der Waals surface area (Å²) >= 11 is 0. The molecule has 176 valence electrons. The Kier molecular flexibility index (Phi) is 8.17. The van der Waals surface area contributed by atoms with Crippen LogP contribution < -0.4 is 10.0 Å². The molecule has 1 heterocycles. The Morgan fingerprint density at radius 2 is 1.59 bits per heavy atom. The first kappa shape index (κ1) is 25.5. The zero-order valence-corrected chi connectivity index (χ0v) is 20.6. The molecule has 0 saturated heterocycles. The van der Waals surface area contributed by atoms with Gasteiger partial charge in [0.05, 0.1) is 0 Å². The van der Waals surface area contributed by atoms with Crippen molar-refractivity contribution in [3.63, 3.8) is 0 Å². The van der Waals surface area contributed by atoms with Crippen molar-refractivity contribution >= 4 is 28.6 Å². The lowest BCUT2D eigenvalue weighted by Gasteiger charge is -2.21. The third kappa shape index (κ3) is 5.73. The van der Waals surface area contributed by atoms with Crippen LogP contribution in [0.5, 0.6) is 0 Å². The van der Waals surface area contributed by atoms with Crippen molar-refractivity contribution < 1.29 is 18.2 Å². The Labute approximate surface area is 191 Å². The number of benzene rings is 1. The summed E-state index contributed by atoms with van der Waals surface area (Å²) in [5.74, 6) is -0.709. The van der Waals surface area contributed by atoms with Gasteiger partial charge in [0.1, 0.15) is 11.5 Å². The van der Waals surface area contributed by atoms with E-state index in [0.717, 1.165) is 0 Å². The van der Waals surface area contributed by atoms with Gasteiger partial charge < -0.3 is 10.2 Å². The molecule has 2 rings (SSSR count). The minimum absolute atomic E-state index is 0.0173. The quantitative estimate of drug-likeness (QED) is 0.643. The molecule has 1 atom stereocenters. The molecule has 3 amide bonds. The second kappa shape index (κ2) is 10.2. The Balaban J connectivity index is 2.24. The predicted octanol–water partition coefficient (Wildman–Crippen LogP) is 4.13. The highest BCUT2D eigenvalue weighted by Gasteiger charge is 2.23. The highest BCUT2D eigenvalue weighted by molar-refractivity contribution is 7.83. The molecule has 0 fully saturated rings. The van der Waals surface area contributed by atoms with Crippen molar-refractivity contribution in [1.82, 2.24) is 19.4 Å². The minimum atomic E-state index is -1.99. The van der Waals surface area contributed by atoms with Gasteiger partial charge in [-0.25, -0.2) is 13.4 Å². The molecule has 1 aromatic heterocycles. The summed E-state index contributed by atoms with van der Waals surface area (Å²) in [6, 6.07) is 3.46. The van der Waals surface area contributed by atoms with E-state index in [1.165, 1.54) is 22.9 Å². The van der Waals surface area contributed by atoms with E-state index in [2.05, 4.69) is 15.1 Å². The summed E-state index contributed by atoms with van der Waals surface area (Å²) in [5.41, 5.74) is 2.06. The highest BCUT2D eigenvalue weighted by atomic mass is 32.2. The maximum Gasteiger partial charge on any atom is 0.331 e. The van der Waals surface area contributed by atoms with Crippen LogP contribution in [0.3, 0.4) is 0 Å². The van der Waals surface area contributed by atoms with E-state index in [0.29, 0.717) is 16.8 Å². The van der Waals surface area contributed by atoms with Gasteiger partial charge in [-0.3, -0.25) is 14.2 Å². The van der Waals surface area contributed by atoms with E-state index in [4.69, 9.17) is 0 Å². The van der Waals surface area contributed by atoms with Crippen LogP contribution in [0, 0.1) is 5.82 Å². The molecule has 10 heteroatoms. The fourth-order valence-corrected chi connectivity index (χ4v) is 3.87. The number of nitrogens with zero attached hydrogens (tertiary/aromatic N) is 3. The lowest BCUT2D eigenvalue weighted by atomic mass is 9.92. The number of urea groups is 1. The van der Waals surface area contributed by atoms with Crippen LogP contribution in [0.1, 0.15) is 75.0 Å². The number of aryl methyl sites for hydroxylation is 1. The zero-order valence-electron chi connectivity index (χ0n) is 19.8. The summed E-state index contributed by atoms with van der Waals surface area (Å²) < 4.78 is 30.5. The van der Waals surface area contributed by atoms with Crippen LogP contribution >= 0.6 is 0 Å². The van der Waals surface area contributed by atoms with Crippen molar-refractivity contribution in [3.05, 3.63) is 40.8 Å². The van der Waals surface area contributed by atoms with Gasteiger partial charge in [0.2, 0.25) is 0 Å². The minimum Gasteiger partial charge on any atom is -0.338 e. The maximum atomic E-state index is 14.1. The molecule has 2 aromatic rings. The molecule has 0 saturated carbocycles. The number of hydrogen-bond acceptors (Lipinski definition) is 4. The monoisotopic (exact) mass is 465 g/mol. The molecule has 32 heavy (non-hydrogen) atoms. The number of anilines is 1. The van der Waals surface area contributed by atoms with E-state index >= 15 is 0 Å². The maximum absolute atomic E-state index is 14.1. The molecule has 0 aliphatic rings. The van der Waals surface area contributed by atoms with Crippen molar-refractivity contribution in [2.24, 2.45) is 7.05 Å². The summed E-state index contributed by atoms with van der Waals surface area (Å²) in [5, 5.41) is 6.89. The number of nitrogens with one attached hydrogen (secondary N) is 2. The number of amides is 3. The Hall–Kier alpha value is -2.75. The number of carbonyl (C=O) groups is 2. The molecule has 0 aliphatic heterocycles. The van der Waals surface area contributed by atoms with Gasteiger partial charge in [0.25, 0.3) is 5.91 Å². The highest BCUT2D eigenvalue weighted by Crippen LogP contribution is 2.33. The third-order valence-electron chi connectivity index (χ3n) is 5.19. The Morgan fingerprint density at radius 3 is 2.06 bits per heavy atom. The second-order valence-corrected chi connectivity index (χ2v) is 9.75. The van der Waals surface area contributed by atoms with Crippen LogP contribution in [-0.4, -0.2) is 43.9 Å². The SMILES string of the molecule is CC(C)c1cc(F)cc(C(C)C)c1NC(=O)NS(=O)c1cc(C(=O)N(C)C(C)C)n(C)n1. The molecule has 1 unspecified atom stereocenters. The largest absolute Gasteiger partial charge is 0.338 e. The van der Waals surface area contributed by atoms with Crippen LogP contribution in [-0.2, 0) is 18.0 Å². The zero-order chi connectivity index (χ0) is 24.3. The average Bonchev–Trinajstić information content (AvgIpc) is 3.09. The topological polar surface area (TPSA) is 96.3 Å². The standard InChI is InChI=1S/C22H32FN5O3S/c1-12(2)16-9-15(23)10-17(13(3)4)20(16)24-22(30)26-32(31)19-11-18(28(8)25-19)21(29)27(7)14(5)6/h9-14H,1-8H3,(H2,24,26,30). The Bertz CT molecular complexity index is 1000. The van der Waals surface area contributed by atoms with Gasteiger partial charge in [-0.05, 0) is 48.9 Å². The smallest absolute Gasteiger partial charge is 0.331 e. The van der Waals surface area contributed by atoms with Gasteiger partial charge in [-0.15, -0.1) is 0 Å². The third-order valence-corrected chi connectivity index (χ3v) is 6.14. The second-order valence-electron chi connectivity index (χ2n) is 8.59. The lowest BCUT2D eigenvalue weighted by molar-refractivity contribution is 0.0744. The number of aromatic nitrogens is 2. The van der Waals surface area contributed by atoms with Crippen LogP contribution in [0.25, 0.3) is 0 Å². The van der Waals surface area contributed by atoms with Gasteiger partial charge in [-0.2, -0.15) is 5.10 Å². The van der Waals surface area contributed by atoms with E-state index in [-0.39, 0.29) is 40.3 Å². The first-order valence-corrected chi connectivity index (χ1v) is 11.6. The van der Waals surface area contributed by atoms with Crippen LogP contribution in [0.15, 0.2) is 23.2 Å². The number of rotatable bonds is 7. The van der Waals surface area contributed by atoms with E-state index in [1.54, 1.807) is 19.0 Å². The molecule has 2 N–H and O–H groups in total. The van der Waals surface area contributed by atoms with Gasteiger partial charge in [0.15, 0.2) is 16.0 Å². The predicted molar refractivity (Wildman–Crippen MR) is 124 cm³/mol. The summed E-state index contributed by atoms with van der Waals surface area (Å²) in [7, 11) is 1.25. The molecule has 8 nitrogen and oxygen atoms in total. The van der Waals surface area contributed by atoms with Crippen molar-refractivity contribution in [2.75, 3.05) is 12.4 Å².